The van der Waals surface area contributed by atoms with Crippen molar-refractivity contribution in [2.75, 3.05) is 5.32 Å². The van der Waals surface area contributed by atoms with Crippen LogP contribution in [0, 0.1) is 13.8 Å². The van der Waals surface area contributed by atoms with Gasteiger partial charge in [0.05, 0.1) is 5.56 Å². The number of nitrogens with one attached hydrogen (secondary N) is 1. The first-order chi connectivity index (χ1) is 15.2. The van der Waals surface area contributed by atoms with E-state index in [1.165, 1.54) is 12.1 Å². The van der Waals surface area contributed by atoms with E-state index in [1.54, 1.807) is 28.7 Å². The van der Waals surface area contributed by atoms with Crippen LogP contribution in [-0.2, 0) is 11.0 Å². The summed E-state index contributed by atoms with van der Waals surface area (Å²) in [5.74, 6) is -0.0647. The fourth-order valence-electron chi connectivity index (χ4n) is 3.26. The van der Waals surface area contributed by atoms with E-state index in [0.29, 0.717) is 16.5 Å². The van der Waals surface area contributed by atoms with Crippen molar-refractivity contribution in [3.8, 4) is 0 Å². The number of carbonyl (C=O) groups is 1. The predicted octanol–water partition coefficient (Wildman–Crippen LogP) is 5.23. The molecule has 4 rings (SSSR count). The van der Waals surface area contributed by atoms with Crippen molar-refractivity contribution < 1.29 is 18.0 Å². The summed E-state index contributed by atoms with van der Waals surface area (Å²) < 4.78 is 40.9. The molecule has 2 aromatic heterocycles. The van der Waals surface area contributed by atoms with Gasteiger partial charge in [0, 0.05) is 17.1 Å². The molecule has 10 heteroatoms. The zero-order valence-corrected chi connectivity index (χ0v) is 17.9. The second-order valence-corrected chi connectivity index (χ2v) is 8.21. The molecule has 0 aliphatic carbocycles. The highest BCUT2D eigenvalue weighted by atomic mass is 32.2. The van der Waals surface area contributed by atoms with Gasteiger partial charge in [-0.1, -0.05) is 48.2 Å². The maximum absolute atomic E-state index is 13.2. The molecule has 6 nitrogen and oxygen atoms in total. The monoisotopic (exact) mass is 457 g/mol. The Labute approximate surface area is 185 Å². The fourth-order valence-corrected chi connectivity index (χ4v) is 4.35. The Kier molecular flexibility index (Phi) is 5.88. The van der Waals surface area contributed by atoms with Crippen LogP contribution >= 0.6 is 11.8 Å². The summed E-state index contributed by atoms with van der Waals surface area (Å²) in [5, 5.41) is 10.6. The molecule has 0 radical (unpaired) electrons. The number of aryl methyl sites for hydroxylation is 2. The van der Waals surface area contributed by atoms with Crippen molar-refractivity contribution in [2.45, 2.75) is 30.4 Å². The lowest BCUT2D eigenvalue weighted by molar-refractivity contribution is -0.137. The van der Waals surface area contributed by atoms with Gasteiger partial charge in [0.15, 0.2) is 5.16 Å². The Morgan fingerprint density at radius 2 is 1.78 bits per heavy atom. The highest BCUT2D eigenvalue weighted by Crippen LogP contribution is 2.36. The lowest BCUT2D eigenvalue weighted by Crippen LogP contribution is -2.20. The number of nitrogens with zero attached hydrogens (tertiary/aromatic N) is 4. The lowest BCUT2D eigenvalue weighted by atomic mass is 10.1. The van der Waals surface area contributed by atoms with Gasteiger partial charge >= 0.3 is 6.18 Å². The Balaban J connectivity index is 1.68. The number of alkyl halides is 3. The standard InChI is InChI=1S/C22H18F3N5OS/c1-13-11-14(2)30-20(26-13)28-29-21(30)32-18(15-7-4-3-5-8-15)19(31)27-17-10-6-9-16(12-17)22(23,24)25/h3-12,18H,1-2H3,(H,27,31). The average Bonchev–Trinajstić information content (AvgIpc) is 3.15. The van der Waals surface area contributed by atoms with E-state index >= 15 is 0 Å². The molecule has 1 amide bonds. The maximum atomic E-state index is 13.2. The molecule has 32 heavy (non-hydrogen) atoms. The first-order valence-electron chi connectivity index (χ1n) is 9.61. The van der Waals surface area contributed by atoms with Gasteiger partial charge < -0.3 is 5.32 Å². The quantitative estimate of drug-likeness (QED) is 0.416. The Morgan fingerprint density at radius 3 is 2.50 bits per heavy atom. The third-order valence-corrected chi connectivity index (χ3v) is 5.88. The number of benzene rings is 2. The molecule has 164 valence electrons. The summed E-state index contributed by atoms with van der Waals surface area (Å²) in [7, 11) is 0. The summed E-state index contributed by atoms with van der Waals surface area (Å²) in [5.41, 5.74) is 1.55. The molecule has 2 heterocycles. The van der Waals surface area contributed by atoms with Crippen LogP contribution in [-0.4, -0.2) is 25.5 Å². The number of hydrogen-bond acceptors (Lipinski definition) is 5. The number of fused-ring (bicyclic) bond motifs is 1. The van der Waals surface area contributed by atoms with Crippen LogP contribution in [0.5, 0.6) is 0 Å². The summed E-state index contributed by atoms with van der Waals surface area (Å²) in [6.45, 7) is 3.74. The maximum Gasteiger partial charge on any atom is 0.416 e. The van der Waals surface area contributed by atoms with Crippen LogP contribution in [0.1, 0.15) is 27.8 Å². The molecular formula is C22H18F3N5OS. The zero-order valence-electron chi connectivity index (χ0n) is 17.1. The first-order valence-corrected chi connectivity index (χ1v) is 10.5. The second-order valence-electron chi connectivity index (χ2n) is 7.13. The summed E-state index contributed by atoms with van der Waals surface area (Å²) >= 11 is 1.15. The largest absolute Gasteiger partial charge is 0.416 e. The van der Waals surface area contributed by atoms with E-state index in [4.69, 9.17) is 0 Å². The van der Waals surface area contributed by atoms with Gasteiger partial charge in [-0.15, -0.1) is 10.2 Å². The van der Waals surface area contributed by atoms with Gasteiger partial charge in [-0.25, -0.2) is 4.98 Å². The normalized spacial score (nSPS) is 12.7. The van der Waals surface area contributed by atoms with Gasteiger partial charge in [0.1, 0.15) is 5.25 Å². The Bertz CT molecular complexity index is 1270. The number of rotatable bonds is 5. The van der Waals surface area contributed by atoms with Gasteiger partial charge in [0.2, 0.25) is 5.91 Å². The lowest BCUT2D eigenvalue weighted by Gasteiger charge is -2.17. The molecule has 0 bridgehead atoms. The van der Waals surface area contributed by atoms with E-state index in [0.717, 1.165) is 35.3 Å². The molecule has 2 aromatic carbocycles. The number of anilines is 1. The highest BCUT2D eigenvalue weighted by Gasteiger charge is 2.31. The topological polar surface area (TPSA) is 72.2 Å². The van der Waals surface area contributed by atoms with Gasteiger partial charge in [-0.05, 0) is 43.7 Å². The molecule has 0 aliphatic rings. The number of halogens is 3. The molecule has 0 fully saturated rings. The summed E-state index contributed by atoms with van der Waals surface area (Å²) in [4.78, 5) is 17.5. The van der Waals surface area contributed by atoms with E-state index in [9.17, 15) is 18.0 Å². The molecule has 0 spiro atoms. The highest BCUT2D eigenvalue weighted by molar-refractivity contribution is 8.00. The number of aromatic nitrogens is 4. The van der Waals surface area contributed by atoms with Crippen molar-refractivity contribution in [2.24, 2.45) is 0 Å². The molecular weight excluding hydrogens is 439 g/mol. The van der Waals surface area contributed by atoms with Crippen molar-refractivity contribution in [1.82, 2.24) is 19.6 Å². The van der Waals surface area contributed by atoms with Crippen molar-refractivity contribution in [1.29, 1.82) is 0 Å². The third kappa shape index (κ3) is 4.59. The minimum atomic E-state index is -4.50. The second kappa shape index (κ2) is 8.62. The van der Waals surface area contributed by atoms with Crippen LogP contribution in [0.25, 0.3) is 5.78 Å². The molecule has 0 aliphatic heterocycles. The summed E-state index contributed by atoms with van der Waals surface area (Å²) in [6.07, 6.45) is -4.50. The third-order valence-electron chi connectivity index (χ3n) is 4.68. The van der Waals surface area contributed by atoms with Crippen LogP contribution in [0.2, 0.25) is 0 Å². The molecule has 1 N–H and O–H groups in total. The van der Waals surface area contributed by atoms with Crippen molar-refractivity contribution in [3.05, 3.63) is 83.2 Å². The number of hydrogen-bond donors (Lipinski definition) is 1. The minimum absolute atomic E-state index is 0.0610. The fraction of sp³-hybridized carbons (Fsp3) is 0.182. The van der Waals surface area contributed by atoms with E-state index in [-0.39, 0.29) is 5.69 Å². The van der Waals surface area contributed by atoms with Crippen molar-refractivity contribution >= 4 is 29.1 Å². The van der Waals surface area contributed by atoms with Gasteiger partial charge in [-0.2, -0.15) is 13.2 Å². The SMILES string of the molecule is Cc1cc(C)n2c(SC(C(=O)Nc3cccc(C(F)(F)F)c3)c3ccccc3)nnc2n1. The van der Waals surface area contributed by atoms with Gasteiger partial charge in [0.25, 0.3) is 5.78 Å². The first kappa shape index (κ1) is 21.8. The smallest absolute Gasteiger partial charge is 0.325 e. The number of amides is 1. The van der Waals surface area contributed by atoms with Crippen LogP contribution in [0.4, 0.5) is 18.9 Å². The zero-order chi connectivity index (χ0) is 22.9. The minimum Gasteiger partial charge on any atom is -0.325 e. The van der Waals surface area contributed by atoms with E-state index in [1.807, 2.05) is 26.0 Å². The molecule has 1 atom stereocenters. The molecule has 1 unspecified atom stereocenters. The Morgan fingerprint density at radius 1 is 1.03 bits per heavy atom. The van der Waals surface area contributed by atoms with E-state index in [2.05, 4.69) is 20.5 Å². The number of carbonyl (C=O) groups excluding carboxylic acids is 1. The summed E-state index contributed by atoms with van der Waals surface area (Å²) in [6, 6.07) is 15.4. The van der Waals surface area contributed by atoms with Crippen LogP contribution in [0.15, 0.2) is 65.8 Å². The van der Waals surface area contributed by atoms with Crippen LogP contribution < -0.4 is 5.32 Å². The predicted molar refractivity (Wildman–Crippen MR) is 115 cm³/mol. The number of thioether (sulfide) groups is 1. The average molecular weight is 457 g/mol. The molecule has 4 aromatic rings. The molecule has 0 saturated carbocycles. The van der Waals surface area contributed by atoms with E-state index < -0.39 is 22.9 Å². The van der Waals surface area contributed by atoms with Crippen LogP contribution in [0.3, 0.4) is 0 Å². The van der Waals surface area contributed by atoms with Crippen molar-refractivity contribution in [3.63, 3.8) is 0 Å². The van der Waals surface area contributed by atoms with Gasteiger partial charge in [-0.3, -0.25) is 9.20 Å². The molecule has 0 saturated heterocycles. The Hall–Kier alpha value is -3.40.